The molecule has 1 atom stereocenters. The predicted molar refractivity (Wildman–Crippen MR) is 62.6 cm³/mol. The monoisotopic (exact) mass is 254 g/mol. The van der Waals surface area contributed by atoms with Crippen LogP contribution in [0, 0.1) is 0 Å². The molecular weight excluding hydrogens is 247 g/mol. The van der Waals surface area contributed by atoms with Crippen molar-refractivity contribution in [2.24, 2.45) is 0 Å². The topological polar surface area (TPSA) is 46.0 Å². The molecule has 1 unspecified atom stereocenters. The van der Waals surface area contributed by atoms with Crippen LogP contribution in [0.4, 0.5) is 0 Å². The molecule has 0 aliphatic rings. The predicted octanol–water partition coefficient (Wildman–Crippen LogP) is 2.87. The van der Waals surface area contributed by atoms with E-state index in [1.807, 2.05) is 0 Å². The van der Waals surface area contributed by atoms with Crippen LogP contribution in [0.25, 0.3) is 0 Å². The van der Waals surface area contributed by atoms with E-state index in [1.54, 1.807) is 30.5 Å². The Kier molecular flexibility index (Phi) is 3.39. The molecule has 1 aromatic carbocycles. The number of hydrogen-bond acceptors (Lipinski definition) is 3. The summed E-state index contributed by atoms with van der Waals surface area (Å²) in [5.41, 5.74) is 1.17. The number of aliphatic hydroxyl groups excluding tert-OH is 1. The molecule has 2 rings (SSSR count). The molecule has 5 heteroatoms. The van der Waals surface area contributed by atoms with Crippen molar-refractivity contribution >= 4 is 23.2 Å². The maximum absolute atomic E-state index is 10.0. The van der Waals surface area contributed by atoms with E-state index in [4.69, 9.17) is 23.2 Å². The van der Waals surface area contributed by atoms with E-state index in [1.165, 1.54) is 6.33 Å². The summed E-state index contributed by atoms with van der Waals surface area (Å²) < 4.78 is 0. The smallest absolute Gasteiger partial charge is 0.121 e. The first-order chi connectivity index (χ1) is 7.68. The Bertz CT molecular complexity index is 491. The summed E-state index contributed by atoms with van der Waals surface area (Å²) in [4.78, 5) is 7.75. The standard InChI is InChI=1S/C11H8Cl2N2O/c12-8-2-1-7(5-9(8)13)11(16)10-3-4-14-6-15-10/h1-6,11,16H. The third-order valence-electron chi connectivity index (χ3n) is 2.14. The van der Waals surface area contributed by atoms with Gasteiger partial charge < -0.3 is 5.11 Å². The van der Waals surface area contributed by atoms with Crippen molar-refractivity contribution in [3.8, 4) is 0 Å². The number of rotatable bonds is 2. The molecule has 0 saturated carbocycles. The third-order valence-corrected chi connectivity index (χ3v) is 2.88. The van der Waals surface area contributed by atoms with Crippen LogP contribution in [-0.2, 0) is 0 Å². The Morgan fingerprint density at radius 1 is 1.12 bits per heavy atom. The minimum absolute atomic E-state index is 0.410. The van der Waals surface area contributed by atoms with Gasteiger partial charge >= 0.3 is 0 Å². The summed E-state index contributed by atoms with van der Waals surface area (Å²) in [5, 5.41) is 10.9. The van der Waals surface area contributed by atoms with Gasteiger partial charge in [0.2, 0.25) is 0 Å². The zero-order valence-corrected chi connectivity index (χ0v) is 9.65. The Labute approximate surface area is 103 Å². The van der Waals surface area contributed by atoms with Gasteiger partial charge in [0.1, 0.15) is 12.4 Å². The van der Waals surface area contributed by atoms with Crippen molar-refractivity contribution < 1.29 is 5.11 Å². The van der Waals surface area contributed by atoms with Crippen LogP contribution in [0.15, 0.2) is 36.8 Å². The second kappa shape index (κ2) is 4.78. The van der Waals surface area contributed by atoms with Crippen LogP contribution in [0.3, 0.4) is 0 Å². The largest absolute Gasteiger partial charge is 0.382 e. The maximum atomic E-state index is 10.0. The van der Waals surface area contributed by atoms with Gasteiger partial charge in [-0.2, -0.15) is 0 Å². The summed E-state index contributed by atoms with van der Waals surface area (Å²) in [6, 6.07) is 6.62. The van der Waals surface area contributed by atoms with Crippen molar-refractivity contribution in [3.05, 3.63) is 58.1 Å². The van der Waals surface area contributed by atoms with Crippen molar-refractivity contribution in [1.29, 1.82) is 0 Å². The maximum Gasteiger partial charge on any atom is 0.121 e. The quantitative estimate of drug-likeness (QED) is 0.897. The molecule has 0 saturated heterocycles. The van der Waals surface area contributed by atoms with Gasteiger partial charge in [0.05, 0.1) is 15.7 Å². The Morgan fingerprint density at radius 2 is 1.94 bits per heavy atom. The first-order valence-corrected chi connectivity index (χ1v) is 5.33. The summed E-state index contributed by atoms with van der Waals surface area (Å²) >= 11 is 11.7. The number of aliphatic hydroxyl groups is 1. The van der Waals surface area contributed by atoms with Gasteiger partial charge in [0.15, 0.2) is 0 Å². The van der Waals surface area contributed by atoms with E-state index in [-0.39, 0.29) is 0 Å². The number of hydrogen-bond donors (Lipinski definition) is 1. The Balaban J connectivity index is 2.34. The molecule has 1 N–H and O–H groups in total. The number of nitrogens with zero attached hydrogens (tertiary/aromatic N) is 2. The molecule has 0 aliphatic carbocycles. The zero-order valence-electron chi connectivity index (χ0n) is 8.14. The van der Waals surface area contributed by atoms with E-state index in [9.17, 15) is 5.11 Å². The van der Waals surface area contributed by atoms with E-state index in [0.717, 1.165) is 0 Å². The normalized spacial score (nSPS) is 12.4. The van der Waals surface area contributed by atoms with Gasteiger partial charge in [-0.05, 0) is 23.8 Å². The summed E-state index contributed by atoms with van der Waals surface area (Å²) in [6.45, 7) is 0. The van der Waals surface area contributed by atoms with Gasteiger partial charge in [0.25, 0.3) is 0 Å². The highest BCUT2D eigenvalue weighted by molar-refractivity contribution is 6.42. The molecule has 16 heavy (non-hydrogen) atoms. The van der Waals surface area contributed by atoms with Crippen molar-refractivity contribution in [2.75, 3.05) is 0 Å². The lowest BCUT2D eigenvalue weighted by Crippen LogP contribution is -2.02. The molecule has 0 radical (unpaired) electrons. The van der Waals surface area contributed by atoms with Gasteiger partial charge in [-0.1, -0.05) is 29.3 Å². The fraction of sp³-hybridized carbons (Fsp3) is 0.0909. The molecule has 3 nitrogen and oxygen atoms in total. The Hall–Kier alpha value is -1.16. The first-order valence-electron chi connectivity index (χ1n) is 4.57. The van der Waals surface area contributed by atoms with E-state index >= 15 is 0 Å². The molecule has 0 aliphatic heterocycles. The van der Waals surface area contributed by atoms with Crippen LogP contribution < -0.4 is 0 Å². The second-order valence-electron chi connectivity index (χ2n) is 3.21. The number of aromatic nitrogens is 2. The average molecular weight is 255 g/mol. The molecule has 2 aromatic rings. The van der Waals surface area contributed by atoms with Gasteiger partial charge in [-0.25, -0.2) is 9.97 Å². The van der Waals surface area contributed by atoms with E-state index < -0.39 is 6.10 Å². The molecule has 1 heterocycles. The first kappa shape index (κ1) is 11.3. The summed E-state index contributed by atoms with van der Waals surface area (Å²) in [6.07, 6.45) is 2.14. The number of halogens is 2. The summed E-state index contributed by atoms with van der Waals surface area (Å²) in [5.74, 6) is 0. The van der Waals surface area contributed by atoms with Crippen LogP contribution >= 0.6 is 23.2 Å². The van der Waals surface area contributed by atoms with Gasteiger partial charge in [-0.3, -0.25) is 0 Å². The lowest BCUT2D eigenvalue weighted by atomic mass is 10.1. The minimum Gasteiger partial charge on any atom is -0.382 e. The fourth-order valence-electron chi connectivity index (χ4n) is 1.32. The lowest BCUT2D eigenvalue weighted by Gasteiger charge is -2.10. The van der Waals surface area contributed by atoms with E-state index in [2.05, 4.69) is 9.97 Å². The third kappa shape index (κ3) is 2.32. The van der Waals surface area contributed by atoms with Crippen LogP contribution in [-0.4, -0.2) is 15.1 Å². The molecule has 1 aromatic heterocycles. The molecule has 0 bridgehead atoms. The molecule has 0 amide bonds. The van der Waals surface area contributed by atoms with Crippen molar-refractivity contribution in [2.45, 2.75) is 6.10 Å². The van der Waals surface area contributed by atoms with Crippen LogP contribution in [0.5, 0.6) is 0 Å². The lowest BCUT2D eigenvalue weighted by molar-refractivity contribution is 0.215. The highest BCUT2D eigenvalue weighted by atomic mass is 35.5. The fourth-order valence-corrected chi connectivity index (χ4v) is 1.62. The van der Waals surface area contributed by atoms with E-state index in [0.29, 0.717) is 21.3 Å². The average Bonchev–Trinajstić information content (AvgIpc) is 2.33. The second-order valence-corrected chi connectivity index (χ2v) is 4.02. The molecular formula is C11H8Cl2N2O. The number of benzene rings is 1. The van der Waals surface area contributed by atoms with Crippen LogP contribution in [0.2, 0.25) is 10.0 Å². The summed E-state index contributed by atoms with van der Waals surface area (Å²) in [7, 11) is 0. The minimum atomic E-state index is -0.822. The van der Waals surface area contributed by atoms with Gasteiger partial charge in [-0.15, -0.1) is 0 Å². The molecule has 0 spiro atoms. The zero-order chi connectivity index (χ0) is 11.5. The van der Waals surface area contributed by atoms with Crippen molar-refractivity contribution in [1.82, 2.24) is 9.97 Å². The molecule has 82 valence electrons. The highest BCUT2D eigenvalue weighted by Crippen LogP contribution is 2.27. The van der Waals surface area contributed by atoms with Gasteiger partial charge in [0, 0.05) is 6.20 Å². The highest BCUT2D eigenvalue weighted by Gasteiger charge is 2.12. The van der Waals surface area contributed by atoms with Crippen molar-refractivity contribution in [3.63, 3.8) is 0 Å². The Morgan fingerprint density at radius 3 is 2.56 bits per heavy atom. The van der Waals surface area contributed by atoms with Crippen LogP contribution in [0.1, 0.15) is 17.4 Å². The SMILES string of the molecule is OC(c1ccc(Cl)c(Cl)c1)c1ccncn1. The molecule has 0 fully saturated rings.